The Hall–Kier alpha value is -0.120. The van der Waals surface area contributed by atoms with E-state index in [0.717, 1.165) is 31.5 Å². The number of likely N-dealkylation sites (tertiary alicyclic amines) is 1. The molecule has 3 nitrogen and oxygen atoms in total. The number of ether oxygens (including phenoxy) is 1. The lowest BCUT2D eigenvalue weighted by molar-refractivity contribution is 0.0155. The van der Waals surface area contributed by atoms with E-state index in [1.807, 2.05) is 0 Å². The Morgan fingerprint density at radius 3 is 2.81 bits per heavy atom. The molecule has 2 rings (SSSR count). The van der Waals surface area contributed by atoms with E-state index in [0.29, 0.717) is 12.1 Å². The van der Waals surface area contributed by atoms with Crippen LogP contribution in [0.25, 0.3) is 0 Å². The first-order valence-electron chi connectivity index (χ1n) is 6.76. The smallest absolute Gasteiger partial charge is 0.0702 e. The zero-order valence-corrected chi connectivity index (χ0v) is 10.7. The van der Waals surface area contributed by atoms with E-state index < -0.39 is 0 Å². The minimum atomic E-state index is 0.464. The molecule has 2 aliphatic heterocycles. The number of hydrogen-bond donors (Lipinski definition) is 1. The Morgan fingerprint density at radius 1 is 1.38 bits per heavy atom. The molecule has 2 aliphatic rings. The highest BCUT2D eigenvalue weighted by atomic mass is 16.5. The van der Waals surface area contributed by atoms with Gasteiger partial charge in [-0.3, -0.25) is 4.90 Å². The molecule has 0 bridgehead atoms. The van der Waals surface area contributed by atoms with Crippen LogP contribution in [-0.4, -0.2) is 43.3 Å². The summed E-state index contributed by atoms with van der Waals surface area (Å²) in [6, 6.07) is 0.570. The zero-order chi connectivity index (χ0) is 11.5. The molecule has 2 saturated heterocycles. The standard InChI is InChI=1S/C13H26N2O/c1-10-6-11(2)13(7-14)15(8-10)9-12-4-3-5-16-12/h10-13H,3-9,14H2,1-2H3. The van der Waals surface area contributed by atoms with Crippen molar-refractivity contribution in [1.29, 1.82) is 0 Å². The Labute approximate surface area is 99.3 Å². The van der Waals surface area contributed by atoms with Crippen molar-refractivity contribution in [3.05, 3.63) is 0 Å². The molecule has 0 aromatic heterocycles. The Morgan fingerprint density at radius 2 is 2.19 bits per heavy atom. The molecule has 2 fully saturated rings. The lowest BCUT2D eigenvalue weighted by atomic mass is 9.85. The second-order valence-corrected chi connectivity index (χ2v) is 5.71. The van der Waals surface area contributed by atoms with Crippen LogP contribution in [0.5, 0.6) is 0 Å². The van der Waals surface area contributed by atoms with Gasteiger partial charge in [-0.1, -0.05) is 13.8 Å². The van der Waals surface area contributed by atoms with E-state index in [-0.39, 0.29) is 0 Å². The maximum absolute atomic E-state index is 5.92. The Kier molecular flexibility index (Phi) is 4.22. The van der Waals surface area contributed by atoms with Gasteiger partial charge in [-0.2, -0.15) is 0 Å². The number of nitrogens with two attached hydrogens (primary N) is 1. The summed E-state index contributed by atoms with van der Waals surface area (Å²) in [4.78, 5) is 2.58. The van der Waals surface area contributed by atoms with E-state index in [1.165, 1.54) is 25.8 Å². The number of rotatable bonds is 3. The third-order valence-corrected chi connectivity index (χ3v) is 4.15. The first-order chi connectivity index (χ1) is 7.70. The molecule has 94 valence electrons. The number of hydrogen-bond acceptors (Lipinski definition) is 3. The van der Waals surface area contributed by atoms with Crippen molar-refractivity contribution < 1.29 is 4.74 Å². The fourth-order valence-corrected chi connectivity index (χ4v) is 3.40. The van der Waals surface area contributed by atoms with Crippen LogP contribution in [0.1, 0.15) is 33.1 Å². The summed E-state index contributed by atoms with van der Waals surface area (Å²) in [5.74, 6) is 1.54. The van der Waals surface area contributed by atoms with E-state index in [4.69, 9.17) is 10.5 Å². The molecular formula is C13H26N2O. The Bertz CT molecular complexity index is 216. The summed E-state index contributed by atoms with van der Waals surface area (Å²) in [5, 5.41) is 0. The highest BCUT2D eigenvalue weighted by Gasteiger charge is 2.32. The second kappa shape index (κ2) is 5.48. The molecule has 0 aromatic rings. The van der Waals surface area contributed by atoms with Crippen LogP contribution in [0.3, 0.4) is 0 Å². The van der Waals surface area contributed by atoms with Gasteiger partial charge in [0.1, 0.15) is 0 Å². The van der Waals surface area contributed by atoms with Gasteiger partial charge < -0.3 is 10.5 Å². The number of piperidine rings is 1. The SMILES string of the molecule is CC1CC(C)C(CN)N(CC2CCCO2)C1. The van der Waals surface area contributed by atoms with Gasteiger partial charge in [0.25, 0.3) is 0 Å². The van der Waals surface area contributed by atoms with Gasteiger partial charge in [0.2, 0.25) is 0 Å². The van der Waals surface area contributed by atoms with Crippen LogP contribution in [0.4, 0.5) is 0 Å². The Balaban J connectivity index is 1.92. The number of nitrogens with zero attached hydrogens (tertiary/aromatic N) is 1. The van der Waals surface area contributed by atoms with Crippen molar-refractivity contribution in [2.24, 2.45) is 17.6 Å². The predicted molar refractivity (Wildman–Crippen MR) is 66.3 cm³/mol. The van der Waals surface area contributed by atoms with Crippen LogP contribution in [0, 0.1) is 11.8 Å². The van der Waals surface area contributed by atoms with Crippen molar-refractivity contribution in [2.45, 2.75) is 45.3 Å². The summed E-state index contributed by atoms with van der Waals surface area (Å²) >= 11 is 0. The second-order valence-electron chi connectivity index (χ2n) is 5.71. The van der Waals surface area contributed by atoms with Crippen molar-refractivity contribution in [2.75, 3.05) is 26.2 Å². The van der Waals surface area contributed by atoms with Crippen molar-refractivity contribution in [3.8, 4) is 0 Å². The topological polar surface area (TPSA) is 38.5 Å². The quantitative estimate of drug-likeness (QED) is 0.792. The van der Waals surface area contributed by atoms with Gasteiger partial charge in [-0.05, 0) is 31.1 Å². The van der Waals surface area contributed by atoms with E-state index >= 15 is 0 Å². The van der Waals surface area contributed by atoms with Gasteiger partial charge in [-0.25, -0.2) is 0 Å². The van der Waals surface area contributed by atoms with Crippen LogP contribution >= 0.6 is 0 Å². The van der Waals surface area contributed by atoms with Gasteiger partial charge in [0, 0.05) is 32.3 Å². The molecule has 4 unspecified atom stereocenters. The molecule has 3 heteroatoms. The minimum Gasteiger partial charge on any atom is -0.377 e. The normalized spacial score (nSPS) is 41.4. The van der Waals surface area contributed by atoms with Crippen LogP contribution < -0.4 is 5.73 Å². The van der Waals surface area contributed by atoms with E-state index in [9.17, 15) is 0 Å². The summed E-state index contributed by atoms with van der Waals surface area (Å²) in [7, 11) is 0. The maximum atomic E-state index is 5.92. The molecule has 0 spiro atoms. The van der Waals surface area contributed by atoms with Crippen molar-refractivity contribution in [1.82, 2.24) is 4.90 Å². The monoisotopic (exact) mass is 226 g/mol. The van der Waals surface area contributed by atoms with Gasteiger partial charge >= 0.3 is 0 Å². The molecule has 2 heterocycles. The third-order valence-electron chi connectivity index (χ3n) is 4.15. The fourth-order valence-electron chi connectivity index (χ4n) is 3.40. The molecule has 16 heavy (non-hydrogen) atoms. The molecule has 0 radical (unpaired) electrons. The highest BCUT2D eigenvalue weighted by molar-refractivity contribution is 4.87. The highest BCUT2D eigenvalue weighted by Crippen LogP contribution is 2.28. The van der Waals surface area contributed by atoms with Gasteiger partial charge in [0.05, 0.1) is 6.10 Å². The molecule has 0 aliphatic carbocycles. The summed E-state index contributed by atoms with van der Waals surface area (Å²) in [6.07, 6.45) is 4.25. The van der Waals surface area contributed by atoms with Crippen molar-refractivity contribution >= 4 is 0 Å². The molecular weight excluding hydrogens is 200 g/mol. The third kappa shape index (κ3) is 2.76. The molecule has 2 N–H and O–H groups in total. The summed E-state index contributed by atoms with van der Waals surface area (Å²) in [6.45, 7) is 8.74. The molecule has 0 saturated carbocycles. The van der Waals surface area contributed by atoms with Crippen molar-refractivity contribution in [3.63, 3.8) is 0 Å². The lowest BCUT2D eigenvalue weighted by Crippen LogP contribution is -2.53. The van der Waals surface area contributed by atoms with E-state index in [2.05, 4.69) is 18.7 Å². The summed E-state index contributed by atoms with van der Waals surface area (Å²) in [5.41, 5.74) is 5.92. The lowest BCUT2D eigenvalue weighted by Gasteiger charge is -2.43. The predicted octanol–water partition coefficient (Wildman–Crippen LogP) is 1.47. The van der Waals surface area contributed by atoms with Crippen LogP contribution in [-0.2, 0) is 4.74 Å². The van der Waals surface area contributed by atoms with Gasteiger partial charge in [-0.15, -0.1) is 0 Å². The van der Waals surface area contributed by atoms with E-state index in [1.54, 1.807) is 0 Å². The average Bonchev–Trinajstić information content (AvgIpc) is 2.70. The molecule has 4 atom stereocenters. The van der Waals surface area contributed by atoms with Gasteiger partial charge in [0.15, 0.2) is 0 Å². The largest absolute Gasteiger partial charge is 0.377 e. The fraction of sp³-hybridized carbons (Fsp3) is 1.00. The van der Waals surface area contributed by atoms with Crippen LogP contribution in [0.15, 0.2) is 0 Å². The zero-order valence-electron chi connectivity index (χ0n) is 10.7. The first kappa shape index (κ1) is 12.3. The molecule has 0 amide bonds. The maximum Gasteiger partial charge on any atom is 0.0702 e. The van der Waals surface area contributed by atoms with Crippen LogP contribution in [0.2, 0.25) is 0 Å². The average molecular weight is 226 g/mol. The molecule has 0 aromatic carbocycles. The summed E-state index contributed by atoms with van der Waals surface area (Å²) < 4.78 is 5.74. The minimum absolute atomic E-state index is 0.464. The first-order valence-corrected chi connectivity index (χ1v) is 6.76.